The van der Waals surface area contributed by atoms with Gasteiger partial charge in [0, 0.05) is 24.2 Å². The molecule has 0 aliphatic carbocycles. The average Bonchev–Trinajstić information content (AvgIpc) is 2.83. The Kier molecular flexibility index (Phi) is 5.81. The molecule has 1 aromatic carbocycles. The van der Waals surface area contributed by atoms with Gasteiger partial charge < -0.3 is 5.32 Å². The third kappa shape index (κ3) is 5.04. The third-order valence-corrected chi connectivity index (χ3v) is 6.07. The van der Waals surface area contributed by atoms with Gasteiger partial charge in [0.05, 0.1) is 11.5 Å². The topological polar surface area (TPSA) is 66.5 Å². The highest BCUT2D eigenvalue weighted by Gasteiger charge is 2.29. The molecule has 1 atom stereocenters. The van der Waals surface area contributed by atoms with E-state index in [1.54, 1.807) is 0 Å². The molecule has 2 rings (SSSR count). The summed E-state index contributed by atoms with van der Waals surface area (Å²) in [5, 5.41) is 2.81. The standard InChI is InChI=1S/C17H26N2O3S/c1-4-19(13(2)3)11-14-5-7-15(8-6-14)17(20)18-16-9-10-23(21,22)12-16/h5-8,13,16H,4,9-12H2,1-3H3,(H,18,20). The number of hydrogen-bond acceptors (Lipinski definition) is 4. The predicted octanol–water partition coefficient (Wildman–Crippen LogP) is 1.83. The second-order valence-electron chi connectivity index (χ2n) is 6.43. The first-order chi connectivity index (χ1) is 10.8. The summed E-state index contributed by atoms with van der Waals surface area (Å²) in [6.45, 7) is 8.31. The molecule has 128 valence electrons. The lowest BCUT2D eigenvalue weighted by atomic mass is 10.1. The van der Waals surface area contributed by atoms with Crippen LogP contribution in [0.25, 0.3) is 0 Å². The minimum absolute atomic E-state index is 0.0523. The molecule has 1 amide bonds. The van der Waals surface area contributed by atoms with Crippen LogP contribution in [0, 0.1) is 0 Å². The zero-order valence-electron chi connectivity index (χ0n) is 14.1. The summed E-state index contributed by atoms with van der Waals surface area (Å²) in [4.78, 5) is 14.5. The Labute approximate surface area is 139 Å². The van der Waals surface area contributed by atoms with Gasteiger partial charge in [-0.1, -0.05) is 19.1 Å². The second kappa shape index (κ2) is 7.45. The largest absolute Gasteiger partial charge is 0.348 e. The summed E-state index contributed by atoms with van der Waals surface area (Å²) >= 11 is 0. The Balaban J connectivity index is 1.95. The first kappa shape index (κ1) is 17.9. The molecule has 1 unspecified atom stereocenters. The molecule has 0 spiro atoms. The zero-order valence-corrected chi connectivity index (χ0v) is 14.9. The van der Waals surface area contributed by atoms with Crippen molar-refractivity contribution >= 4 is 15.7 Å². The van der Waals surface area contributed by atoms with E-state index in [0.29, 0.717) is 18.0 Å². The Hall–Kier alpha value is -1.40. The first-order valence-corrected chi connectivity index (χ1v) is 9.97. The molecule has 1 saturated heterocycles. The van der Waals surface area contributed by atoms with Crippen LogP contribution in [0.15, 0.2) is 24.3 Å². The smallest absolute Gasteiger partial charge is 0.251 e. The minimum atomic E-state index is -2.97. The predicted molar refractivity (Wildman–Crippen MR) is 92.2 cm³/mol. The number of carbonyl (C=O) groups excluding carboxylic acids is 1. The van der Waals surface area contributed by atoms with E-state index in [2.05, 4.69) is 31.0 Å². The Morgan fingerprint density at radius 2 is 1.96 bits per heavy atom. The van der Waals surface area contributed by atoms with Gasteiger partial charge in [-0.25, -0.2) is 8.42 Å². The highest BCUT2D eigenvalue weighted by molar-refractivity contribution is 7.91. The van der Waals surface area contributed by atoms with Crippen LogP contribution in [0.3, 0.4) is 0 Å². The summed E-state index contributed by atoms with van der Waals surface area (Å²) in [7, 11) is -2.97. The van der Waals surface area contributed by atoms with E-state index in [1.165, 1.54) is 5.56 Å². The average molecular weight is 338 g/mol. The molecule has 1 aromatic rings. The van der Waals surface area contributed by atoms with Crippen LogP contribution < -0.4 is 5.32 Å². The van der Waals surface area contributed by atoms with Crippen molar-refractivity contribution in [3.63, 3.8) is 0 Å². The fourth-order valence-electron chi connectivity index (χ4n) is 2.83. The van der Waals surface area contributed by atoms with Crippen molar-refractivity contribution in [3.8, 4) is 0 Å². The Bertz CT molecular complexity index is 638. The first-order valence-electron chi connectivity index (χ1n) is 8.15. The quantitative estimate of drug-likeness (QED) is 0.859. The SMILES string of the molecule is CCN(Cc1ccc(C(=O)NC2CCS(=O)(=O)C2)cc1)C(C)C. The number of benzene rings is 1. The van der Waals surface area contributed by atoms with E-state index in [1.807, 2.05) is 24.3 Å². The summed E-state index contributed by atoms with van der Waals surface area (Å²) in [5.74, 6) is 0.0187. The summed E-state index contributed by atoms with van der Waals surface area (Å²) in [6, 6.07) is 7.76. The van der Waals surface area contributed by atoms with Crippen molar-refractivity contribution in [2.24, 2.45) is 0 Å². The van der Waals surface area contributed by atoms with Gasteiger partial charge in [-0.2, -0.15) is 0 Å². The van der Waals surface area contributed by atoms with Crippen LogP contribution in [0.4, 0.5) is 0 Å². The highest BCUT2D eigenvalue weighted by atomic mass is 32.2. The number of nitrogens with one attached hydrogen (secondary N) is 1. The monoisotopic (exact) mass is 338 g/mol. The molecule has 0 aromatic heterocycles. The normalized spacial score (nSPS) is 20.1. The van der Waals surface area contributed by atoms with Gasteiger partial charge in [-0.3, -0.25) is 9.69 Å². The molecule has 1 aliphatic rings. The van der Waals surface area contributed by atoms with Crippen molar-refractivity contribution in [2.45, 2.75) is 45.8 Å². The number of rotatable bonds is 6. The number of sulfone groups is 1. The molecular weight excluding hydrogens is 312 g/mol. The van der Waals surface area contributed by atoms with Crippen LogP contribution in [0.1, 0.15) is 43.1 Å². The van der Waals surface area contributed by atoms with E-state index in [0.717, 1.165) is 13.1 Å². The number of amides is 1. The molecule has 0 saturated carbocycles. The summed E-state index contributed by atoms with van der Waals surface area (Å²) in [5.41, 5.74) is 1.74. The maximum atomic E-state index is 12.2. The number of nitrogens with zero attached hydrogens (tertiary/aromatic N) is 1. The Morgan fingerprint density at radius 3 is 2.43 bits per heavy atom. The van der Waals surface area contributed by atoms with Crippen molar-refractivity contribution in [1.29, 1.82) is 0 Å². The molecule has 23 heavy (non-hydrogen) atoms. The van der Waals surface area contributed by atoms with Crippen LogP contribution in [-0.4, -0.2) is 49.4 Å². The highest BCUT2D eigenvalue weighted by Crippen LogP contribution is 2.13. The van der Waals surface area contributed by atoms with Crippen LogP contribution in [0.2, 0.25) is 0 Å². The Morgan fingerprint density at radius 1 is 1.30 bits per heavy atom. The number of hydrogen-bond donors (Lipinski definition) is 1. The summed E-state index contributed by atoms with van der Waals surface area (Å²) < 4.78 is 22.9. The van der Waals surface area contributed by atoms with Crippen molar-refractivity contribution in [2.75, 3.05) is 18.1 Å². The van der Waals surface area contributed by atoms with Crippen LogP contribution in [-0.2, 0) is 16.4 Å². The molecule has 6 heteroatoms. The lowest BCUT2D eigenvalue weighted by molar-refractivity contribution is 0.0941. The van der Waals surface area contributed by atoms with Crippen molar-refractivity contribution in [1.82, 2.24) is 10.2 Å². The van der Waals surface area contributed by atoms with E-state index in [9.17, 15) is 13.2 Å². The van der Waals surface area contributed by atoms with Gasteiger partial charge in [0.25, 0.3) is 5.91 Å². The number of carbonyl (C=O) groups is 1. The molecular formula is C17H26N2O3S. The van der Waals surface area contributed by atoms with Crippen LogP contribution in [0.5, 0.6) is 0 Å². The minimum Gasteiger partial charge on any atom is -0.348 e. The lowest BCUT2D eigenvalue weighted by Crippen LogP contribution is -2.35. The molecule has 1 fully saturated rings. The molecule has 1 aliphatic heterocycles. The molecule has 1 heterocycles. The van der Waals surface area contributed by atoms with Gasteiger partial charge in [-0.15, -0.1) is 0 Å². The van der Waals surface area contributed by atoms with E-state index >= 15 is 0 Å². The van der Waals surface area contributed by atoms with E-state index < -0.39 is 9.84 Å². The third-order valence-electron chi connectivity index (χ3n) is 4.31. The van der Waals surface area contributed by atoms with Gasteiger partial charge in [0.15, 0.2) is 9.84 Å². The van der Waals surface area contributed by atoms with Gasteiger partial charge >= 0.3 is 0 Å². The second-order valence-corrected chi connectivity index (χ2v) is 8.66. The van der Waals surface area contributed by atoms with Gasteiger partial charge in [0.1, 0.15) is 0 Å². The van der Waals surface area contributed by atoms with Gasteiger partial charge in [-0.05, 0) is 44.5 Å². The molecule has 0 radical (unpaired) electrons. The van der Waals surface area contributed by atoms with Crippen molar-refractivity contribution < 1.29 is 13.2 Å². The van der Waals surface area contributed by atoms with Gasteiger partial charge in [0.2, 0.25) is 0 Å². The van der Waals surface area contributed by atoms with Crippen LogP contribution >= 0.6 is 0 Å². The zero-order chi connectivity index (χ0) is 17.0. The lowest BCUT2D eigenvalue weighted by Gasteiger charge is -2.24. The van der Waals surface area contributed by atoms with E-state index in [-0.39, 0.29) is 23.5 Å². The molecule has 5 nitrogen and oxygen atoms in total. The van der Waals surface area contributed by atoms with Crippen molar-refractivity contribution in [3.05, 3.63) is 35.4 Å². The fourth-order valence-corrected chi connectivity index (χ4v) is 4.51. The molecule has 0 bridgehead atoms. The fraction of sp³-hybridized carbons (Fsp3) is 0.588. The maximum absolute atomic E-state index is 12.2. The molecule has 1 N–H and O–H groups in total. The summed E-state index contributed by atoms with van der Waals surface area (Å²) in [6.07, 6.45) is 0.506. The van der Waals surface area contributed by atoms with E-state index in [4.69, 9.17) is 0 Å². The maximum Gasteiger partial charge on any atom is 0.251 e.